The number of benzene rings is 2. The average Bonchev–Trinajstić information content (AvgIpc) is 2.73. The van der Waals surface area contributed by atoms with Gasteiger partial charge >= 0.3 is 0 Å². The van der Waals surface area contributed by atoms with Gasteiger partial charge in [0.2, 0.25) is 0 Å². The lowest BCUT2D eigenvalue weighted by Gasteiger charge is -2.29. The number of carbonyl (C=O) groups is 2. The van der Waals surface area contributed by atoms with Crippen LogP contribution in [-0.4, -0.2) is 24.4 Å². The van der Waals surface area contributed by atoms with Crippen LogP contribution in [-0.2, 0) is 6.42 Å². The third-order valence-corrected chi connectivity index (χ3v) is 5.69. The number of nitrogens with zero attached hydrogens (tertiary/aromatic N) is 1. The number of rotatable bonds is 3. The highest BCUT2D eigenvalue weighted by Crippen LogP contribution is 2.28. The van der Waals surface area contributed by atoms with Gasteiger partial charge in [0, 0.05) is 29.4 Å². The standard InChI is InChI=1S/C23H26N2O2/c26-22(24-20-9-2-1-3-10-20)18-12-14-19(15-13-18)23(27)25-16-6-8-17-7-4-5-11-21(17)25/h4-5,7,11-15,20H,1-3,6,8-10,16H2,(H,24,26). The lowest BCUT2D eigenvalue weighted by atomic mass is 9.95. The van der Waals surface area contributed by atoms with Gasteiger partial charge in [-0.2, -0.15) is 0 Å². The van der Waals surface area contributed by atoms with Gasteiger partial charge < -0.3 is 10.2 Å². The van der Waals surface area contributed by atoms with Crippen molar-refractivity contribution < 1.29 is 9.59 Å². The van der Waals surface area contributed by atoms with Gasteiger partial charge in [-0.25, -0.2) is 0 Å². The van der Waals surface area contributed by atoms with E-state index in [9.17, 15) is 9.59 Å². The molecule has 0 spiro atoms. The van der Waals surface area contributed by atoms with Crippen molar-refractivity contribution in [1.82, 2.24) is 5.32 Å². The van der Waals surface area contributed by atoms with Crippen molar-refractivity contribution in [3.05, 3.63) is 65.2 Å². The fourth-order valence-electron chi connectivity index (χ4n) is 4.18. The number of amides is 2. The van der Waals surface area contributed by atoms with Crippen LogP contribution in [0.4, 0.5) is 5.69 Å². The van der Waals surface area contributed by atoms with E-state index in [0.717, 1.165) is 37.9 Å². The van der Waals surface area contributed by atoms with Crippen molar-refractivity contribution in [2.75, 3.05) is 11.4 Å². The van der Waals surface area contributed by atoms with E-state index in [2.05, 4.69) is 11.4 Å². The Morgan fingerprint density at radius 2 is 1.56 bits per heavy atom. The highest BCUT2D eigenvalue weighted by atomic mass is 16.2. The van der Waals surface area contributed by atoms with E-state index in [0.29, 0.717) is 11.1 Å². The van der Waals surface area contributed by atoms with Crippen LogP contribution in [0.15, 0.2) is 48.5 Å². The second-order valence-electron chi connectivity index (χ2n) is 7.57. The van der Waals surface area contributed by atoms with E-state index in [1.807, 2.05) is 23.1 Å². The Bertz CT molecular complexity index is 823. The molecule has 4 heteroatoms. The van der Waals surface area contributed by atoms with Gasteiger partial charge in [0.25, 0.3) is 11.8 Å². The third kappa shape index (κ3) is 3.90. The Kier molecular flexibility index (Phi) is 5.23. The maximum absolute atomic E-state index is 13.0. The first-order chi connectivity index (χ1) is 13.2. The molecule has 2 amide bonds. The summed E-state index contributed by atoms with van der Waals surface area (Å²) in [6, 6.07) is 15.5. The summed E-state index contributed by atoms with van der Waals surface area (Å²) >= 11 is 0. The molecule has 1 saturated carbocycles. The molecule has 1 fully saturated rings. The van der Waals surface area contributed by atoms with Crippen LogP contribution in [0.25, 0.3) is 0 Å². The first kappa shape index (κ1) is 17.8. The molecule has 0 aromatic heterocycles. The Morgan fingerprint density at radius 3 is 2.33 bits per heavy atom. The van der Waals surface area contributed by atoms with E-state index in [1.165, 1.54) is 24.8 Å². The van der Waals surface area contributed by atoms with Crippen LogP contribution in [0.2, 0.25) is 0 Å². The molecule has 2 aromatic carbocycles. The Hall–Kier alpha value is -2.62. The summed E-state index contributed by atoms with van der Waals surface area (Å²) in [5, 5.41) is 3.13. The van der Waals surface area contributed by atoms with Crippen LogP contribution in [0, 0.1) is 0 Å². The Morgan fingerprint density at radius 1 is 0.852 bits per heavy atom. The first-order valence-corrected chi connectivity index (χ1v) is 10.0. The summed E-state index contributed by atoms with van der Waals surface area (Å²) in [5.74, 6) is -0.0365. The van der Waals surface area contributed by atoms with Crippen molar-refractivity contribution in [3.8, 4) is 0 Å². The molecule has 1 N–H and O–H groups in total. The fourth-order valence-corrected chi connectivity index (χ4v) is 4.18. The van der Waals surface area contributed by atoms with Crippen molar-refractivity contribution in [2.24, 2.45) is 0 Å². The van der Waals surface area contributed by atoms with Gasteiger partial charge in [-0.1, -0.05) is 37.5 Å². The third-order valence-electron chi connectivity index (χ3n) is 5.69. The molecule has 27 heavy (non-hydrogen) atoms. The summed E-state index contributed by atoms with van der Waals surface area (Å²) in [6.07, 6.45) is 7.77. The molecular weight excluding hydrogens is 336 g/mol. The summed E-state index contributed by atoms with van der Waals surface area (Å²) in [5.41, 5.74) is 3.48. The molecular formula is C23H26N2O2. The predicted molar refractivity (Wildman–Crippen MR) is 107 cm³/mol. The molecule has 2 aliphatic rings. The molecule has 1 aliphatic heterocycles. The SMILES string of the molecule is O=C(NC1CCCCC1)c1ccc(C(=O)N2CCCc3ccccc32)cc1. The lowest BCUT2D eigenvalue weighted by molar-refractivity contribution is 0.0925. The molecule has 4 rings (SSSR count). The van der Waals surface area contributed by atoms with Crippen molar-refractivity contribution in [3.63, 3.8) is 0 Å². The topological polar surface area (TPSA) is 49.4 Å². The zero-order valence-corrected chi connectivity index (χ0v) is 15.6. The van der Waals surface area contributed by atoms with Gasteiger partial charge in [-0.05, 0) is 61.6 Å². The highest BCUT2D eigenvalue weighted by molar-refractivity contribution is 6.07. The molecule has 0 bridgehead atoms. The minimum atomic E-state index is -0.0378. The number of aryl methyl sites for hydroxylation is 1. The van der Waals surface area contributed by atoms with Crippen LogP contribution in [0.1, 0.15) is 64.8 Å². The number of hydrogen-bond donors (Lipinski definition) is 1. The average molecular weight is 362 g/mol. The maximum Gasteiger partial charge on any atom is 0.258 e. The Balaban J connectivity index is 1.46. The number of anilines is 1. The van der Waals surface area contributed by atoms with Crippen molar-refractivity contribution in [1.29, 1.82) is 0 Å². The normalized spacial score (nSPS) is 17.3. The molecule has 0 radical (unpaired) electrons. The largest absolute Gasteiger partial charge is 0.349 e. The fraction of sp³-hybridized carbons (Fsp3) is 0.391. The molecule has 0 saturated heterocycles. The van der Waals surface area contributed by atoms with Crippen LogP contribution in [0.5, 0.6) is 0 Å². The van der Waals surface area contributed by atoms with E-state index in [1.54, 1.807) is 24.3 Å². The maximum atomic E-state index is 13.0. The Labute approximate surface area is 160 Å². The van der Waals surface area contributed by atoms with Crippen molar-refractivity contribution >= 4 is 17.5 Å². The number of para-hydroxylation sites is 1. The minimum absolute atomic E-state index is 0.00129. The number of fused-ring (bicyclic) bond motifs is 1. The number of hydrogen-bond acceptors (Lipinski definition) is 2. The monoisotopic (exact) mass is 362 g/mol. The zero-order valence-electron chi connectivity index (χ0n) is 15.6. The van der Waals surface area contributed by atoms with E-state index < -0.39 is 0 Å². The molecule has 0 atom stereocenters. The molecule has 2 aromatic rings. The molecule has 1 heterocycles. The number of carbonyl (C=O) groups excluding carboxylic acids is 2. The molecule has 1 aliphatic carbocycles. The summed E-state index contributed by atoms with van der Waals surface area (Å²) in [4.78, 5) is 27.3. The van der Waals surface area contributed by atoms with Gasteiger partial charge in [-0.3, -0.25) is 9.59 Å². The van der Waals surface area contributed by atoms with Crippen LogP contribution < -0.4 is 10.2 Å². The van der Waals surface area contributed by atoms with Gasteiger partial charge in [-0.15, -0.1) is 0 Å². The van der Waals surface area contributed by atoms with Gasteiger partial charge in [0.1, 0.15) is 0 Å². The number of nitrogens with one attached hydrogen (secondary N) is 1. The molecule has 140 valence electrons. The van der Waals surface area contributed by atoms with E-state index in [-0.39, 0.29) is 17.9 Å². The lowest BCUT2D eigenvalue weighted by Crippen LogP contribution is -2.36. The predicted octanol–water partition coefficient (Wildman–Crippen LogP) is 4.34. The summed E-state index contributed by atoms with van der Waals surface area (Å²) in [7, 11) is 0. The smallest absolute Gasteiger partial charge is 0.258 e. The van der Waals surface area contributed by atoms with E-state index in [4.69, 9.17) is 0 Å². The molecule has 0 unspecified atom stereocenters. The second-order valence-corrected chi connectivity index (χ2v) is 7.57. The second kappa shape index (κ2) is 7.95. The first-order valence-electron chi connectivity index (χ1n) is 10.0. The van der Waals surface area contributed by atoms with Crippen LogP contribution in [0.3, 0.4) is 0 Å². The highest BCUT2D eigenvalue weighted by Gasteiger charge is 2.23. The quantitative estimate of drug-likeness (QED) is 0.883. The minimum Gasteiger partial charge on any atom is -0.349 e. The van der Waals surface area contributed by atoms with Gasteiger partial charge in [0.05, 0.1) is 0 Å². The summed E-state index contributed by atoms with van der Waals surface area (Å²) in [6.45, 7) is 0.736. The van der Waals surface area contributed by atoms with Gasteiger partial charge in [0.15, 0.2) is 0 Å². The van der Waals surface area contributed by atoms with Crippen LogP contribution >= 0.6 is 0 Å². The van der Waals surface area contributed by atoms with Crippen molar-refractivity contribution in [2.45, 2.75) is 51.0 Å². The zero-order chi connectivity index (χ0) is 18.6. The molecule has 4 nitrogen and oxygen atoms in total. The summed E-state index contributed by atoms with van der Waals surface area (Å²) < 4.78 is 0. The van der Waals surface area contributed by atoms with E-state index >= 15 is 0 Å².